The molecule has 0 saturated carbocycles. The van der Waals surface area contributed by atoms with Crippen molar-refractivity contribution in [1.29, 1.82) is 0 Å². The average molecular weight is 357 g/mol. The molecule has 0 aromatic rings. The average Bonchev–Trinajstić information content (AvgIpc) is 2.37. The summed E-state index contributed by atoms with van der Waals surface area (Å²) < 4.78 is 11.9. The SMILES string of the molecule is CC(C)(C)OC(=O)N1CC[C@@H](N=[N+]=[N-])[C@H](O[Si](C)(C)C(C)(C)C)C1. The van der Waals surface area contributed by atoms with Crippen molar-refractivity contribution in [3.63, 3.8) is 0 Å². The number of likely N-dealkylation sites (tertiary alicyclic amines) is 1. The van der Waals surface area contributed by atoms with E-state index in [4.69, 9.17) is 14.7 Å². The lowest BCUT2D eigenvalue weighted by molar-refractivity contribution is 0.00189. The first-order valence-corrected chi connectivity index (χ1v) is 11.4. The molecule has 8 heteroatoms. The summed E-state index contributed by atoms with van der Waals surface area (Å²) in [6.45, 7) is 17.3. The molecule has 2 atom stereocenters. The molecule has 1 aliphatic rings. The van der Waals surface area contributed by atoms with Crippen molar-refractivity contribution in [2.24, 2.45) is 5.11 Å². The summed E-state index contributed by atoms with van der Waals surface area (Å²) in [7, 11) is -2.04. The van der Waals surface area contributed by atoms with Gasteiger partial charge in [0, 0.05) is 18.0 Å². The van der Waals surface area contributed by atoms with Crippen molar-refractivity contribution < 1.29 is 14.0 Å². The second kappa shape index (κ2) is 7.33. The normalized spacial score (nSPS) is 22.8. The molecule has 0 unspecified atom stereocenters. The highest BCUT2D eigenvalue weighted by Crippen LogP contribution is 2.38. The Bertz CT molecular complexity index is 504. The fourth-order valence-corrected chi connectivity index (χ4v) is 3.61. The van der Waals surface area contributed by atoms with Gasteiger partial charge in [-0.05, 0) is 50.9 Å². The predicted octanol–water partition coefficient (Wildman–Crippen LogP) is 4.70. The van der Waals surface area contributed by atoms with Gasteiger partial charge < -0.3 is 14.1 Å². The number of carbonyl (C=O) groups is 1. The van der Waals surface area contributed by atoms with E-state index in [1.165, 1.54) is 0 Å². The van der Waals surface area contributed by atoms with Gasteiger partial charge in [0.2, 0.25) is 0 Å². The second-order valence-corrected chi connectivity index (χ2v) is 13.7. The minimum absolute atomic E-state index is 0.0438. The Kier molecular flexibility index (Phi) is 6.35. The molecule has 0 N–H and O–H groups in total. The van der Waals surface area contributed by atoms with Crippen LogP contribution in [0.1, 0.15) is 48.0 Å². The van der Waals surface area contributed by atoms with Gasteiger partial charge in [0.05, 0.1) is 12.1 Å². The van der Waals surface area contributed by atoms with Crippen LogP contribution < -0.4 is 0 Å². The number of rotatable bonds is 3. The molecule has 0 radical (unpaired) electrons. The number of nitrogens with zero attached hydrogens (tertiary/aromatic N) is 4. The number of carbonyl (C=O) groups excluding carboxylic acids is 1. The third-order valence-corrected chi connectivity index (χ3v) is 9.13. The van der Waals surface area contributed by atoms with Gasteiger partial charge in [-0.3, -0.25) is 0 Å². The van der Waals surface area contributed by atoms with Crippen molar-refractivity contribution in [2.75, 3.05) is 13.1 Å². The Morgan fingerprint density at radius 1 is 1.25 bits per heavy atom. The van der Waals surface area contributed by atoms with Crippen molar-refractivity contribution in [3.8, 4) is 0 Å². The Labute approximate surface area is 146 Å². The molecule has 1 fully saturated rings. The maximum Gasteiger partial charge on any atom is 0.410 e. The first-order chi connectivity index (χ1) is 10.8. The van der Waals surface area contributed by atoms with Crippen LogP contribution in [0.4, 0.5) is 4.79 Å². The summed E-state index contributed by atoms with van der Waals surface area (Å²) in [5.41, 5.74) is 8.30. The largest absolute Gasteiger partial charge is 0.444 e. The minimum Gasteiger partial charge on any atom is -0.444 e. The molecule has 0 spiro atoms. The lowest BCUT2D eigenvalue weighted by Gasteiger charge is -2.44. The number of ether oxygens (including phenoxy) is 1. The van der Waals surface area contributed by atoms with Crippen LogP contribution in [0.15, 0.2) is 5.11 Å². The van der Waals surface area contributed by atoms with Crippen LogP contribution in [0.3, 0.4) is 0 Å². The fraction of sp³-hybridized carbons (Fsp3) is 0.938. The highest BCUT2D eigenvalue weighted by molar-refractivity contribution is 6.74. The monoisotopic (exact) mass is 356 g/mol. The van der Waals surface area contributed by atoms with Gasteiger partial charge in [-0.2, -0.15) is 0 Å². The number of hydrogen-bond acceptors (Lipinski definition) is 4. The molecule has 0 aliphatic carbocycles. The standard InChI is InChI=1S/C16H32N4O3Si/c1-15(2,3)22-14(21)20-10-9-12(18-19-17)13(11-20)23-24(7,8)16(4,5)6/h12-13H,9-11H2,1-8H3/t12-,13-/m1/s1. The second-order valence-electron chi connectivity index (χ2n) is 8.90. The van der Waals surface area contributed by atoms with Gasteiger partial charge in [0.15, 0.2) is 8.32 Å². The van der Waals surface area contributed by atoms with Gasteiger partial charge in [-0.1, -0.05) is 25.9 Å². The molecule has 0 aromatic carbocycles. The molecular formula is C16H32N4O3Si. The first kappa shape index (κ1) is 20.8. The lowest BCUT2D eigenvalue weighted by Crippen LogP contribution is -2.55. The molecular weight excluding hydrogens is 324 g/mol. The first-order valence-electron chi connectivity index (χ1n) is 8.47. The van der Waals surface area contributed by atoms with Gasteiger partial charge in [-0.25, -0.2) is 4.79 Å². The number of azide groups is 1. The smallest absolute Gasteiger partial charge is 0.410 e. The number of amides is 1. The van der Waals surface area contributed by atoms with E-state index in [9.17, 15) is 4.79 Å². The zero-order chi connectivity index (χ0) is 18.8. The van der Waals surface area contributed by atoms with E-state index >= 15 is 0 Å². The van der Waals surface area contributed by atoms with Gasteiger partial charge in [0.25, 0.3) is 0 Å². The van der Waals surface area contributed by atoms with Crippen LogP contribution in [-0.4, -0.2) is 50.1 Å². The summed E-state index contributed by atoms with van der Waals surface area (Å²) >= 11 is 0. The summed E-state index contributed by atoms with van der Waals surface area (Å²) in [5.74, 6) is 0. The van der Waals surface area contributed by atoms with E-state index < -0.39 is 13.9 Å². The van der Waals surface area contributed by atoms with Gasteiger partial charge >= 0.3 is 6.09 Å². The lowest BCUT2D eigenvalue weighted by atomic mass is 10.0. The third kappa shape index (κ3) is 5.68. The third-order valence-electron chi connectivity index (χ3n) is 4.63. The topological polar surface area (TPSA) is 87.5 Å². The molecule has 0 aromatic heterocycles. The summed E-state index contributed by atoms with van der Waals surface area (Å²) in [6.07, 6.45) is -0.0449. The highest BCUT2D eigenvalue weighted by Gasteiger charge is 2.43. The maximum atomic E-state index is 12.3. The molecule has 24 heavy (non-hydrogen) atoms. The van der Waals surface area contributed by atoms with Crippen molar-refractivity contribution in [3.05, 3.63) is 10.4 Å². The Hall–Kier alpha value is -1.24. The summed E-state index contributed by atoms with van der Waals surface area (Å²) in [6, 6.07) is -0.247. The molecule has 7 nitrogen and oxygen atoms in total. The quantitative estimate of drug-likeness (QED) is 0.318. The Morgan fingerprint density at radius 2 is 1.83 bits per heavy atom. The van der Waals surface area contributed by atoms with Crippen LogP contribution in [0.2, 0.25) is 18.1 Å². The van der Waals surface area contributed by atoms with E-state index in [-0.39, 0.29) is 23.3 Å². The number of hydrogen-bond donors (Lipinski definition) is 0. The minimum atomic E-state index is -2.04. The van der Waals surface area contributed by atoms with Crippen LogP contribution in [-0.2, 0) is 9.16 Å². The van der Waals surface area contributed by atoms with Crippen molar-refractivity contribution in [2.45, 2.75) is 83.8 Å². The van der Waals surface area contributed by atoms with Gasteiger partial charge in [0.1, 0.15) is 5.60 Å². The fourth-order valence-electron chi connectivity index (χ4n) is 2.27. The van der Waals surface area contributed by atoms with Crippen LogP contribution in [0.5, 0.6) is 0 Å². The zero-order valence-corrected chi connectivity index (χ0v) is 17.3. The number of piperidine rings is 1. The van der Waals surface area contributed by atoms with Crippen LogP contribution >= 0.6 is 0 Å². The van der Waals surface area contributed by atoms with Crippen molar-refractivity contribution >= 4 is 14.4 Å². The van der Waals surface area contributed by atoms with Crippen LogP contribution in [0, 0.1) is 0 Å². The highest BCUT2D eigenvalue weighted by atomic mass is 28.4. The molecule has 1 amide bonds. The molecule has 0 bridgehead atoms. The van der Waals surface area contributed by atoms with E-state index in [0.29, 0.717) is 19.5 Å². The van der Waals surface area contributed by atoms with E-state index in [2.05, 4.69) is 43.9 Å². The maximum absolute atomic E-state index is 12.3. The zero-order valence-electron chi connectivity index (χ0n) is 16.3. The van der Waals surface area contributed by atoms with Crippen molar-refractivity contribution in [1.82, 2.24) is 4.90 Å². The molecule has 1 rings (SSSR count). The van der Waals surface area contributed by atoms with Crippen LogP contribution in [0.25, 0.3) is 10.4 Å². The van der Waals surface area contributed by atoms with E-state index in [1.54, 1.807) is 4.90 Å². The van der Waals surface area contributed by atoms with E-state index in [1.807, 2.05) is 20.8 Å². The Morgan fingerprint density at radius 3 is 2.29 bits per heavy atom. The summed E-state index contributed by atoms with van der Waals surface area (Å²) in [5, 5.41) is 3.94. The summed E-state index contributed by atoms with van der Waals surface area (Å²) in [4.78, 5) is 17.0. The molecule has 1 heterocycles. The van der Waals surface area contributed by atoms with Gasteiger partial charge in [-0.15, -0.1) is 0 Å². The Balaban J connectivity index is 2.91. The predicted molar refractivity (Wildman–Crippen MR) is 97.4 cm³/mol. The molecule has 1 aliphatic heterocycles. The molecule has 138 valence electrons. The van der Waals surface area contributed by atoms with E-state index in [0.717, 1.165) is 0 Å². The molecule has 1 saturated heterocycles.